The molecule has 1 aliphatic carbocycles. The molecule has 0 aromatic rings. The van der Waals surface area contributed by atoms with Crippen molar-refractivity contribution in [3.05, 3.63) is 0 Å². The van der Waals surface area contributed by atoms with Crippen LogP contribution in [-0.2, 0) is 0 Å². The Bertz CT molecular complexity index is 133. The molecule has 58 valence electrons. The first-order valence-corrected chi connectivity index (χ1v) is 3.76. The molecule has 1 heterocycles. The van der Waals surface area contributed by atoms with Crippen molar-refractivity contribution in [3.63, 3.8) is 0 Å². The van der Waals surface area contributed by atoms with Crippen molar-refractivity contribution < 1.29 is 8.78 Å². The summed E-state index contributed by atoms with van der Waals surface area (Å²) in [6, 6.07) is 0. The van der Waals surface area contributed by atoms with Crippen LogP contribution in [0.4, 0.5) is 8.78 Å². The molecule has 1 aliphatic heterocycles. The van der Waals surface area contributed by atoms with Crippen LogP contribution in [0.5, 0.6) is 0 Å². The van der Waals surface area contributed by atoms with E-state index in [1.807, 2.05) is 0 Å². The molecular formula is C7H11F2N. The number of rotatable bonds is 0. The van der Waals surface area contributed by atoms with Gasteiger partial charge >= 0.3 is 0 Å². The summed E-state index contributed by atoms with van der Waals surface area (Å²) in [5.41, 5.74) is 0. The van der Waals surface area contributed by atoms with Crippen molar-refractivity contribution in [2.45, 2.75) is 18.8 Å². The van der Waals surface area contributed by atoms with E-state index in [0.29, 0.717) is 0 Å². The minimum Gasteiger partial charge on any atom is -0.316 e. The molecule has 0 unspecified atom stereocenters. The Hall–Kier alpha value is -0.180. The molecule has 2 rings (SSSR count). The number of fused-ring (bicyclic) bond motifs is 1. The Balaban J connectivity index is 2.07. The zero-order chi connectivity index (χ0) is 7.19. The van der Waals surface area contributed by atoms with Gasteiger partial charge < -0.3 is 5.32 Å². The lowest BCUT2D eigenvalue weighted by Crippen LogP contribution is -2.17. The third-order valence-corrected chi connectivity index (χ3v) is 2.60. The zero-order valence-corrected chi connectivity index (χ0v) is 5.74. The zero-order valence-electron chi connectivity index (χ0n) is 5.74. The number of hydrogen-bond donors (Lipinski definition) is 1. The van der Waals surface area contributed by atoms with Gasteiger partial charge in [0, 0.05) is 12.8 Å². The summed E-state index contributed by atoms with van der Waals surface area (Å²) in [6.45, 7) is 1.61. The van der Waals surface area contributed by atoms with Crippen LogP contribution in [0.25, 0.3) is 0 Å². The third kappa shape index (κ3) is 0.926. The van der Waals surface area contributed by atoms with E-state index >= 15 is 0 Å². The van der Waals surface area contributed by atoms with Crippen molar-refractivity contribution in [3.8, 4) is 0 Å². The minimum absolute atomic E-state index is 0.116. The van der Waals surface area contributed by atoms with E-state index < -0.39 is 5.92 Å². The fourth-order valence-electron chi connectivity index (χ4n) is 2.12. The molecule has 2 aliphatic rings. The van der Waals surface area contributed by atoms with Crippen molar-refractivity contribution in [1.29, 1.82) is 0 Å². The fraction of sp³-hybridized carbons (Fsp3) is 1.00. The normalized spacial score (nSPS) is 43.8. The van der Waals surface area contributed by atoms with Gasteiger partial charge in [-0.3, -0.25) is 0 Å². The van der Waals surface area contributed by atoms with Crippen LogP contribution in [0.2, 0.25) is 0 Å². The Labute approximate surface area is 58.8 Å². The summed E-state index contributed by atoms with van der Waals surface area (Å²) >= 11 is 0. The monoisotopic (exact) mass is 147 g/mol. The predicted octanol–water partition coefficient (Wildman–Crippen LogP) is 1.25. The van der Waals surface area contributed by atoms with Crippen molar-refractivity contribution >= 4 is 0 Å². The van der Waals surface area contributed by atoms with Crippen LogP contribution in [0, 0.1) is 11.8 Å². The highest BCUT2D eigenvalue weighted by molar-refractivity contribution is 4.94. The van der Waals surface area contributed by atoms with Crippen LogP contribution in [0.1, 0.15) is 12.8 Å². The maximum atomic E-state index is 12.6. The quantitative estimate of drug-likeness (QED) is 0.543. The van der Waals surface area contributed by atoms with Crippen LogP contribution in [-0.4, -0.2) is 19.0 Å². The van der Waals surface area contributed by atoms with Gasteiger partial charge in [0.2, 0.25) is 5.92 Å². The summed E-state index contributed by atoms with van der Waals surface area (Å²) in [5.74, 6) is -1.83. The second kappa shape index (κ2) is 1.91. The van der Waals surface area contributed by atoms with Gasteiger partial charge in [0.25, 0.3) is 0 Å². The molecule has 3 heteroatoms. The highest BCUT2D eigenvalue weighted by Gasteiger charge is 2.47. The maximum absolute atomic E-state index is 12.6. The Kier molecular flexibility index (Phi) is 1.24. The third-order valence-electron chi connectivity index (χ3n) is 2.60. The highest BCUT2D eigenvalue weighted by atomic mass is 19.3. The fourth-order valence-corrected chi connectivity index (χ4v) is 2.12. The second-order valence-corrected chi connectivity index (χ2v) is 3.44. The smallest absolute Gasteiger partial charge is 0.248 e. The van der Waals surface area contributed by atoms with Gasteiger partial charge in [-0.15, -0.1) is 0 Å². The summed E-state index contributed by atoms with van der Waals surface area (Å²) in [4.78, 5) is 0. The molecule has 1 saturated heterocycles. The van der Waals surface area contributed by atoms with Gasteiger partial charge in [-0.05, 0) is 24.9 Å². The summed E-state index contributed by atoms with van der Waals surface area (Å²) in [7, 11) is 0. The minimum atomic E-state index is -2.35. The Morgan fingerprint density at radius 1 is 1.10 bits per heavy atom. The number of halogens is 2. The van der Waals surface area contributed by atoms with E-state index in [9.17, 15) is 8.78 Å². The standard InChI is InChI=1S/C7H11F2N/c8-7(9)1-5-3-10-4-6(5)2-7/h5-6,10H,1-4H2/t5-,6-/m1/s1. The average Bonchev–Trinajstić information content (AvgIpc) is 2.20. The topological polar surface area (TPSA) is 12.0 Å². The molecule has 0 amide bonds. The van der Waals surface area contributed by atoms with Crippen LogP contribution in [0.3, 0.4) is 0 Å². The first-order valence-electron chi connectivity index (χ1n) is 3.76. The molecule has 2 fully saturated rings. The lowest BCUT2D eigenvalue weighted by Gasteiger charge is -2.08. The molecule has 0 radical (unpaired) electrons. The summed E-state index contributed by atoms with van der Waals surface area (Å²) in [6.07, 6.45) is 0.231. The molecule has 1 N–H and O–H groups in total. The maximum Gasteiger partial charge on any atom is 0.248 e. The Morgan fingerprint density at radius 2 is 1.60 bits per heavy atom. The first kappa shape index (κ1) is 6.53. The molecule has 1 saturated carbocycles. The van der Waals surface area contributed by atoms with Gasteiger partial charge in [-0.2, -0.15) is 0 Å². The molecule has 0 aromatic carbocycles. The molecule has 1 nitrogen and oxygen atoms in total. The molecular weight excluding hydrogens is 136 g/mol. The van der Waals surface area contributed by atoms with Gasteiger partial charge in [-0.25, -0.2) is 8.78 Å². The van der Waals surface area contributed by atoms with Crippen LogP contribution < -0.4 is 5.32 Å². The van der Waals surface area contributed by atoms with E-state index in [2.05, 4.69) is 5.32 Å². The molecule has 0 aromatic heterocycles. The van der Waals surface area contributed by atoms with E-state index in [1.165, 1.54) is 0 Å². The largest absolute Gasteiger partial charge is 0.316 e. The van der Waals surface area contributed by atoms with Crippen molar-refractivity contribution in [1.82, 2.24) is 5.32 Å². The summed E-state index contributed by atoms with van der Waals surface area (Å²) in [5, 5.41) is 3.13. The SMILES string of the molecule is FC1(F)C[C@@H]2CNC[C@H]2C1. The van der Waals surface area contributed by atoms with Gasteiger partial charge in [-0.1, -0.05) is 0 Å². The average molecular weight is 147 g/mol. The summed E-state index contributed by atoms with van der Waals surface area (Å²) < 4.78 is 25.3. The number of nitrogens with one attached hydrogen (secondary N) is 1. The lowest BCUT2D eigenvalue weighted by atomic mass is 10.0. The lowest BCUT2D eigenvalue weighted by molar-refractivity contribution is 0.00112. The molecule has 10 heavy (non-hydrogen) atoms. The first-order chi connectivity index (χ1) is 4.67. The van der Waals surface area contributed by atoms with E-state index in [-0.39, 0.29) is 24.7 Å². The van der Waals surface area contributed by atoms with Crippen LogP contribution in [0.15, 0.2) is 0 Å². The van der Waals surface area contributed by atoms with Crippen molar-refractivity contribution in [2.75, 3.05) is 13.1 Å². The van der Waals surface area contributed by atoms with E-state index in [1.54, 1.807) is 0 Å². The number of hydrogen-bond acceptors (Lipinski definition) is 1. The van der Waals surface area contributed by atoms with E-state index in [0.717, 1.165) is 13.1 Å². The number of alkyl halides is 2. The highest BCUT2D eigenvalue weighted by Crippen LogP contribution is 2.44. The van der Waals surface area contributed by atoms with Gasteiger partial charge in [0.05, 0.1) is 0 Å². The second-order valence-electron chi connectivity index (χ2n) is 3.44. The van der Waals surface area contributed by atoms with E-state index in [4.69, 9.17) is 0 Å². The molecule has 2 atom stereocenters. The van der Waals surface area contributed by atoms with Gasteiger partial charge in [0.1, 0.15) is 0 Å². The molecule has 0 spiro atoms. The van der Waals surface area contributed by atoms with Crippen LogP contribution >= 0.6 is 0 Å². The molecule has 0 bridgehead atoms. The Morgan fingerprint density at radius 3 is 2.10 bits per heavy atom. The predicted molar refractivity (Wildman–Crippen MR) is 34.0 cm³/mol. The van der Waals surface area contributed by atoms with Crippen molar-refractivity contribution in [2.24, 2.45) is 11.8 Å². The van der Waals surface area contributed by atoms with Gasteiger partial charge in [0.15, 0.2) is 0 Å².